The van der Waals surface area contributed by atoms with Crippen LogP contribution in [0.15, 0.2) is 18.2 Å². The van der Waals surface area contributed by atoms with E-state index >= 15 is 0 Å². The lowest BCUT2D eigenvalue weighted by molar-refractivity contribution is -0.385. The first-order chi connectivity index (χ1) is 10.9. The average molecular weight is 324 g/mol. The smallest absolute Gasteiger partial charge is 0.323 e. The summed E-state index contributed by atoms with van der Waals surface area (Å²) >= 11 is 0. The second-order valence-corrected chi connectivity index (χ2v) is 5.03. The minimum Gasteiger partial charge on any atom is -0.490 e. The Balaban J connectivity index is 2.00. The van der Waals surface area contributed by atoms with Crippen LogP contribution in [0.2, 0.25) is 0 Å². The Hall–Kier alpha value is -2.84. The fourth-order valence-electron chi connectivity index (χ4n) is 2.08. The molecule has 0 heterocycles. The van der Waals surface area contributed by atoms with Gasteiger partial charge in [-0.15, -0.1) is 0 Å². The molecule has 1 N–H and O–H groups in total. The summed E-state index contributed by atoms with van der Waals surface area (Å²) in [7, 11) is 1.29. The summed E-state index contributed by atoms with van der Waals surface area (Å²) < 4.78 is 10.2. The lowest BCUT2D eigenvalue weighted by Crippen LogP contribution is -2.40. The third kappa shape index (κ3) is 4.31. The Labute approximate surface area is 131 Å². The van der Waals surface area contributed by atoms with Gasteiger partial charge in [-0.1, -0.05) is 0 Å². The van der Waals surface area contributed by atoms with Crippen LogP contribution in [0.1, 0.15) is 12.8 Å². The number of hydrogen-bond donors (Lipinski definition) is 1. The van der Waals surface area contributed by atoms with Crippen molar-refractivity contribution >= 4 is 17.6 Å². The van der Waals surface area contributed by atoms with Gasteiger partial charge in [0.2, 0.25) is 5.75 Å². The van der Waals surface area contributed by atoms with Gasteiger partial charge in [0.25, 0.3) is 5.91 Å². The van der Waals surface area contributed by atoms with Crippen molar-refractivity contribution in [3.8, 4) is 11.5 Å². The SMILES string of the molecule is COc1cc(OCC(=O)N(CC(=O)O)C2CC2)ccc1[N+](=O)[O-]. The predicted molar refractivity (Wildman–Crippen MR) is 77.5 cm³/mol. The Kier molecular flexibility index (Phi) is 4.99. The highest BCUT2D eigenvalue weighted by Crippen LogP contribution is 2.31. The molecular weight excluding hydrogens is 308 g/mol. The molecule has 23 heavy (non-hydrogen) atoms. The summed E-state index contributed by atoms with van der Waals surface area (Å²) in [5.41, 5.74) is -0.211. The zero-order chi connectivity index (χ0) is 17.0. The van der Waals surface area contributed by atoms with Crippen LogP contribution in [0.4, 0.5) is 5.69 Å². The summed E-state index contributed by atoms with van der Waals surface area (Å²) in [6.07, 6.45) is 1.56. The van der Waals surface area contributed by atoms with Gasteiger partial charge in [0.1, 0.15) is 12.3 Å². The van der Waals surface area contributed by atoms with E-state index in [4.69, 9.17) is 14.6 Å². The molecule has 0 saturated heterocycles. The summed E-state index contributed by atoms with van der Waals surface area (Å²) in [5.74, 6) is -1.27. The number of amides is 1. The van der Waals surface area contributed by atoms with Crippen LogP contribution < -0.4 is 9.47 Å². The van der Waals surface area contributed by atoms with Crippen LogP contribution in [-0.2, 0) is 9.59 Å². The van der Waals surface area contributed by atoms with Crippen LogP contribution in [0.3, 0.4) is 0 Å². The molecule has 1 amide bonds. The molecule has 1 saturated carbocycles. The molecule has 0 atom stereocenters. The van der Waals surface area contributed by atoms with E-state index in [9.17, 15) is 19.7 Å². The summed E-state index contributed by atoms with van der Waals surface area (Å²) in [6, 6.07) is 3.83. The molecule has 1 fully saturated rings. The number of rotatable bonds is 8. The molecule has 1 aromatic carbocycles. The number of nitro groups is 1. The number of aliphatic carboxylic acids is 1. The van der Waals surface area contributed by atoms with E-state index in [1.54, 1.807) is 0 Å². The maximum absolute atomic E-state index is 12.1. The Morgan fingerprint density at radius 3 is 2.65 bits per heavy atom. The fraction of sp³-hybridized carbons (Fsp3) is 0.429. The maximum atomic E-state index is 12.1. The van der Waals surface area contributed by atoms with Gasteiger partial charge in [-0.2, -0.15) is 0 Å². The Bertz CT molecular complexity index is 628. The topological polar surface area (TPSA) is 119 Å². The molecule has 9 nitrogen and oxygen atoms in total. The van der Waals surface area contributed by atoms with E-state index in [1.165, 1.54) is 30.2 Å². The van der Waals surface area contributed by atoms with Gasteiger partial charge in [-0.25, -0.2) is 0 Å². The highest BCUT2D eigenvalue weighted by molar-refractivity contribution is 5.83. The van der Waals surface area contributed by atoms with E-state index in [1.807, 2.05) is 0 Å². The fourth-order valence-corrected chi connectivity index (χ4v) is 2.08. The zero-order valence-electron chi connectivity index (χ0n) is 12.4. The van der Waals surface area contributed by atoms with Gasteiger partial charge in [0.15, 0.2) is 6.61 Å². The number of ether oxygens (including phenoxy) is 2. The summed E-state index contributed by atoms with van der Waals surface area (Å²) in [4.78, 5) is 34.3. The third-order valence-electron chi connectivity index (χ3n) is 3.32. The second kappa shape index (κ2) is 6.95. The van der Waals surface area contributed by atoms with Crippen LogP contribution in [0.25, 0.3) is 0 Å². The van der Waals surface area contributed by atoms with Gasteiger partial charge in [-0.3, -0.25) is 19.7 Å². The molecule has 0 aliphatic heterocycles. The van der Waals surface area contributed by atoms with Crippen molar-refractivity contribution in [2.75, 3.05) is 20.3 Å². The van der Waals surface area contributed by atoms with Crippen molar-refractivity contribution in [2.24, 2.45) is 0 Å². The number of methoxy groups -OCH3 is 1. The Morgan fingerprint density at radius 2 is 2.13 bits per heavy atom. The maximum Gasteiger partial charge on any atom is 0.323 e. The molecule has 0 unspecified atom stereocenters. The molecule has 1 aliphatic rings. The molecule has 0 radical (unpaired) electrons. The second-order valence-electron chi connectivity index (χ2n) is 5.03. The molecular formula is C14H16N2O7. The number of carbonyl (C=O) groups is 2. The predicted octanol–water partition coefficient (Wildman–Crippen LogP) is 1.06. The highest BCUT2D eigenvalue weighted by Gasteiger charge is 2.34. The van der Waals surface area contributed by atoms with E-state index in [0.717, 1.165) is 12.8 Å². The molecule has 0 aromatic heterocycles. The molecule has 1 aromatic rings. The number of benzene rings is 1. The molecule has 1 aliphatic carbocycles. The molecule has 124 valence electrons. The van der Waals surface area contributed by atoms with Gasteiger partial charge < -0.3 is 19.5 Å². The minimum atomic E-state index is -1.08. The van der Waals surface area contributed by atoms with E-state index in [-0.39, 0.29) is 36.4 Å². The molecule has 0 spiro atoms. The van der Waals surface area contributed by atoms with Crippen molar-refractivity contribution in [1.82, 2.24) is 4.90 Å². The van der Waals surface area contributed by atoms with Crippen LogP contribution >= 0.6 is 0 Å². The molecule has 0 bridgehead atoms. The number of nitrogens with zero attached hydrogens (tertiary/aromatic N) is 2. The van der Waals surface area contributed by atoms with Crippen molar-refractivity contribution in [1.29, 1.82) is 0 Å². The van der Waals surface area contributed by atoms with Crippen molar-refractivity contribution in [3.63, 3.8) is 0 Å². The third-order valence-corrected chi connectivity index (χ3v) is 3.32. The highest BCUT2D eigenvalue weighted by atomic mass is 16.6. The first-order valence-corrected chi connectivity index (χ1v) is 6.89. The van der Waals surface area contributed by atoms with Gasteiger partial charge in [0, 0.05) is 18.2 Å². The Morgan fingerprint density at radius 1 is 1.43 bits per heavy atom. The van der Waals surface area contributed by atoms with E-state index < -0.39 is 16.8 Å². The van der Waals surface area contributed by atoms with Crippen LogP contribution in [-0.4, -0.2) is 53.1 Å². The lowest BCUT2D eigenvalue weighted by Gasteiger charge is -2.20. The number of hydrogen-bond acceptors (Lipinski definition) is 6. The van der Waals surface area contributed by atoms with Crippen molar-refractivity contribution < 1.29 is 29.1 Å². The minimum absolute atomic E-state index is 0.0181. The van der Waals surface area contributed by atoms with E-state index in [0.29, 0.717) is 0 Å². The normalized spacial score (nSPS) is 13.3. The monoisotopic (exact) mass is 324 g/mol. The zero-order valence-corrected chi connectivity index (χ0v) is 12.4. The largest absolute Gasteiger partial charge is 0.490 e. The number of carboxylic acid groups (broad SMARTS) is 1. The van der Waals surface area contributed by atoms with Gasteiger partial charge >= 0.3 is 11.7 Å². The average Bonchev–Trinajstić information content (AvgIpc) is 3.34. The molecule has 2 rings (SSSR count). The summed E-state index contributed by atoms with van der Waals surface area (Å²) in [5, 5.41) is 19.6. The van der Waals surface area contributed by atoms with E-state index in [2.05, 4.69) is 0 Å². The lowest BCUT2D eigenvalue weighted by atomic mass is 10.3. The van der Waals surface area contributed by atoms with Crippen LogP contribution in [0, 0.1) is 10.1 Å². The summed E-state index contributed by atoms with van der Waals surface area (Å²) in [6.45, 7) is -0.707. The van der Waals surface area contributed by atoms with Gasteiger partial charge in [-0.05, 0) is 18.9 Å². The number of carboxylic acids is 1. The van der Waals surface area contributed by atoms with Crippen LogP contribution in [0.5, 0.6) is 11.5 Å². The quantitative estimate of drug-likeness (QED) is 0.561. The number of nitro benzene ring substituents is 1. The molecule has 9 heteroatoms. The standard InChI is InChI=1S/C14H16N2O7/c1-22-12-6-10(4-5-11(12)16(20)21)23-8-13(17)15(7-14(18)19)9-2-3-9/h4-6,9H,2-3,7-8H2,1H3,(H,18,19). The van der Waals surface area contributed by atoms with Crippen molar-refractivity contribution in [3.05, 3.63) is 28.3 Å². The number of carbonyl (C=O) groups excluding carboxylic acids is 1. The first-order valence-electron chi connectivity index (χ1n) is 6.89. The first kappa shape index (κ1) is 16.5. The van der Waals surface area contributed by atoms with Gasteiger partial charge in [0.05, 0.1) is 12.0 Å². The van der Waals surface area contributed by atoms with Crippen molar-refractivity contribution in [2.45, 2.75) is 18.9 Å².